The molecule has 0 aliphatic heterocycles. The van der Waals surface area contributed by atoms with E-state index in [1.54, 1.807) is 24.5 Å². The third-order valence-corrected chi connectivity index (χ3v) is 3.09. The zero-order valence-corrected chi connectivity index (χ0v) is 11.9. The number of aromatic nitrogens is 5. The van der Waals surface area contributed by atoms with Gasteiger partial charge < -0.3 is 4.74 Å². The molecule has 3 rings (SSSR count). The second-order valence-electron chi connectivity index (χ2n) is 4.57. The lowest BCUT2D eigenvalue weighted by atomic mass is 10.1. The van der Waals surface area contributed by atoms with Gasteiger partial charge in [-0.2, -0.15) is 4.80 Å². The zero-order valence-electron chi connectivity index (χ0n) is 11.9. The van der Waals surface area contributed by atoms with E-state index in [0.717, 1.165) is 11.1 Å². The lowest BCUT2D eigenvalue weighted by Crippen LogP contribution is -2.05. The van der Waals surface area contributed by atoms with Crippen molar-refractivity contribution in [2.45, 2.75) is 6.54 Å². The normalized spacial score (nSPS) is 10.4. The van der Waals surface area contributed by atoms with Crippen LogP contribution >= 0.6 is 0 Å². The summed E-state index contributed by atoms with van der Waals surface area (Å²) < 4.78 is 4.66. The summed E-state index contributed by atoms with van der Waals surface area (Å²) in [5.74, 6) is 0.194. The van der Waals surface area contributed by atoms with Gasteiger partial charge in [0.25, 0.3) is 0 Å². The number of esters is 1. The number of methoxy groups -OCH3 is 1. The number of tetrazole rings is 1. The summed E-state index contributed by atoms with van der Waals surface area (Å²) in [6.07, 6.45) is 3.36. The highest BCUT2D eigenvalue weighted by Gasteiger charge is 2.07. The summed E-state index contributed by atoms with van der Waals surface area (Å²) in [4.78, 5) is 16.8. The third kappa shape index (κ3) is 2.98. The molecular formula is C15H13N5O2. The van der Waals surface area contributed by atoms with Crippen molar-refractivity contribution >= 4 is 5.97 Å². The molecule has 0 N–H and O–H groups in total. The van der Waals surface area contributed by atoms with E-state index >= 15 is 0 Å². The minimum atomic E-state index is -0.356. The number of carbonyl (C=O) groups excluding carboxylic acids is 1. The van der Waals surface area contributed by atoms with Crippen molar-refractivity contribution in [2.24, 2.45) is 0 Å². The molecule has 7 nitrogen and oxygen atoms in total. The minimum absolute atomic E-state index is 0.356. The van der Waals surface area contributed by atoms with Crippen molar-refractivity contribution in [2.75, 3.05) is 7.11 Å². The van der Waals surface area contributed by atoms with E-state index in [2.05, 4.69) is 25.1 Å². The first-order valence-corrected chi connectivity index (χ1v) is 6.62. The van der Waals surface area contributed by atoms with Gasteiger partial charge in [0.15, 0.2) is 0 Å². The van der Waals surface area contributed by atoms with Crippen LogP contribution in [0.3, 0.4) is 0 Å². The van der Waals surface area contributed by atoms with Crippen molar-refractivity contribution in [3.05, 3.63) is 59.9 Å². The Morgan fingerprint density at radius 1 is 1.14 bits per heavy atom. The highest BCUT2D eigenvalue weighted by Crippen LogP contribution is 2.12. The first-order chi connectivity index (χ1) is 10.8. The molecule has 0 saturated carbocycles. The topological polar surface area (TPSA) is 82.8 Å². The maximum atomic E-state index is 11.4. The van der Waals surface area contributed by atoms with Gasteiger partial charge >= 0.3 is 5.97 Å². The molecule has 0 spiro atoms. The van der Waals surface area contributed by atoms with E-state index in [4.69, 9.17) is 0 Å². The molecule has 0 aliphatic carbocycles. The van der Waals surface area contributed by atoms with Crippen LogP contribution in [0, 0.1) is 0 Å². The van der Waals surface area contributed by atoms with E-state index in [1.807, 2.05) is 24.3 Å². The largest absolute Gasteiger partial charge is 0.465 e. The van der Waals surface area contributed by atoms with Crippen LogP contribution in [-0.2, 0) is 11.3 Å². The highest BCUT2D eigenvalue weighted by molar-refractivity contribution is 5.89. The number of benzene rings is 1. The monoisotopic (exact) mass is 295 g/mol. The maximum absolute atomic E-state index is 11.4. The van der Waals surface area contributed by atoms with Crippen molar-refractivity contribution in [1.82, 2.24) is 25.2 Å². The van der Waals surface area contributed by atoms with Crippen LogP contribution in [0.2, 0.25) is 0 Å². The number of nitrogens with zero attached hydrogens (tertiary/aromatic N) is 5. The average molecular weight is 295 g/mol. The molecule has 0 bridgehead atoms. The molecule has 0 aliphatic rings. The summed E-state index contributed by atoms with van der Waals surface area (Å²) in [5, 5.41) is 12.4. The van der Waals surface area contributed by atoms with Crippen LogP contribution < -0.4 is 0 Å². The average Bonchev–Trinajstić information content (AvgIpc) is 3.04. The number of carbonyl (C=O) groups is 1. The Hall–Kier alpha value is -3.09. The van der Waals surface area contributed by atoms with Crippen LogP contribution in [0.4, 0.5) is 0 Å². The Morgan fingerprint density at radius 3 is 2.55 bits per heavy atom. The van der Waals surface area contributed by atoms with Crippen LogP contribution in [0.1, 0.15) is 15.9 Å². The standard InChI is InChI=1S/C15H13N5O2/c1-22-15(21)13-4-2-11(3-5-13)10-20-18-14(17-19-20)12-6-8-16-9-7-12/h2-9H,10H2,1H3. The molecule has 110 valence electrons. The molecule has 1 aromatic carbocycles. The first-order valence-electron chi connectivity index (χ1n) is 6.62. The molecule has 3 aromatic rings. The van der Waals surface area contributed by atoms with Gasteiger partial charge in [-0.15, -0.1) is 10.2 Å². The van der Waals surface area contributed by atoms with Crippen molar-refractivity contribution in [1.29, 1.82) is 0 Å². The second-order valence-corrected chi connectivity index (χ2v) is 4.57. The molecule has 0 atom stereocenters. The van der Waals surface area contributed by atoms with E-state index in [0.29, 0.717) is 17.9 Å². The smallest absolute Gasteiger partial charge is 0.337 e. The summed E-state index contributed by atoms with van der Waals surface area (Å²) in [6.45, 7) is 0.472. The fraction of sp³-hybridized carbons (Fsp3) is 0.133. The lowest BCUT2D eigenvalue weighted by molar-refractivity contribution is 0.0600. The molecule has 0 amide bonds. The Morgan fingerprint density at radius 2 is 1.86 bits per heavy atom. The molecule has 2 heterocycles. The van der Waals surface area contributed by atoms with Gasteiger partial charge in [-0.25, -0.2) is 4.79 Å². The fourth-order valence-electron chi connectivity index (χ4n) is 1.95. The van der Waals surface area contributed by atoms with Crippen molar-refractivity contribution in [3.8, 4) is 11.4 Å². The second kappa shape index (κ2) is 6.13. The van der Waals surface area contributed by atoms with Crippen LogP contribution in [-0.4, -0.2) is 38.3 Å². The Labute approximate surface area is 126 Å². The van der Waals surface area contributed by atoms with Gasteiger partial charge in [0.2, 0.25) is 5.82 Å². The zero-order chi connectivity index (χ0) is 15.4. The van der Waals surface area contributed by atoms with Crippen LogP contribution in [0.15, 0.2) is 48.8 Å². The number of hydrogen-bond donors (Lipinski definition) is 0. The molecular weight excluding hydrogens is 282 g/mol. The summed E-state index contributed by atoms with van der Waals surface area (Å²) in [5.41, 5.74) is 2.34. The van der Waals surface area contributed by atoms with E-state index < -0.39 is 0 Å². The van der Waals surface area contributed by atoms with Crippen LogP contribution in [0.25, 0.3) is 11.4 Å². The SMILES string of the molecule is COC(=O)c1ccc(Cn2nnc(-c3ccncc3)n2)cc1. The minimum Gasteiger partial charge on any atom is -0.465 e. The number of ether oxygens (including phenoxy) is 1. The fourth-order valence-corrected chi connectivity index (χ4v) is 1.95. The number of rotatable bonds is 4. The number of pyridine rings is 1. The van der Waals surface area contributed by atoms with Gasteiger partial charge in [0.1, 0.15) is 0 Å². The predicted molar refractivity (Wildman–Crippen MR) is 77.9 cm³/mol. The molecule has 22 heavy (non-hydrogen) atoms. The summed E-state index contributed by atoms with van der Waals surface area (Å²) in [7, 11) is 1.36. The Balaban J connectivity index is 1.74. The van der Waals surface area contributed by atoms with Gasteiger partial charge in [0, 0.05) is 18.0 Å². The molecule has 7 heteroatoms. The first kappa shape index (κ1) is 13.9. The van der Waals surface area contributed by atoms with E-state index in [-0.39, 0.29) is 5.97 Å². The Bertz CT molecular complexity index is 768. The third-order valence-electron chi connectivity index (χ3n) is 3.09. The van der Waals surface area contributed by atoms with Gasteiger partial charge in [-0.3, -0.25) is 4.98 Å². The lowest BCUT2D eigenvalue weighted by Gasteiger charge is -2.02. The molecule has 2 aromatic heterocycles. The maximum Gasteiger partial charge on any atom is 0.337 e. The Kier molecular flexibility index (Phi) is 3.86. The van der Waals surface area contributed by atoms with E-state index in [1.165, 1.54) is 11.9 Å². The highest BCUT2D eigenvalue weighted by atomic mass is 16.5. The summed E-state index contributed by atoms with van der Waals surface area (Å²) >= 11 is 0. The van der Waals surface area contributed by atoms with Crippen molar-refractivity contribution in [3.63, 3.8) is 0 Å². The molecule has 0 radical (unpaired) electrons. The number of hydrogen-bond acceptors (Lipinski definition) is 6. The van der Waals surface area contributed by atoms with Gasteiger partial charge in [0.05, 0.1) is 19.2 Å². The van der Waals surface area contributed by atoms with E-state index in [9.17, 15) is 4.79 Å². The van der Waals surface area contributed by atoms with Gasteiger partial charge in [-0.1, -0.05) is 12.1 Å². The van der Waals surface area contributed by atoms with Crippen LogP contribution in [0.5, 0.6) is 0 Å². The molecule has 0 unspecified atom stereocenters. The van der Waals surface area contributed by atoms with Gasteiger partial charge in [-0.05, 0) is 35.0 Å². The van der Waals surface area contributed by atoms with Crippen molar-refractivity contribution < 1.29 is 9.53 Å². The summed E-state index contributed by atoms with van der Waals surface area (Å²) in [6, 6.07) is 10.7. The predicted octanol–water partition coefficient (Wildman–Crippen LogP) is 1.57. The molecule has 0 fully saturated rings. The molecule has 0 saturated heterocycles. The quantitative estimate of drug-likeness (QED) is 0.679.